The first-order chi connectivity index (χ1) is 11.2. The molecule has 0 radical (unpaired) electrons. The van der Waals surface area contributed by atoms with Crippen LogP contribution in [0.5, 0.6) is 11.5 Å². The summed E-state index contributed by atoms with van der Waals surface area (Å²) < 4.78 is 6.74. The predicted molar refractivity (Wildman–Crippen MR) is 95.1 cm³/mol. The highest BCUT2D eigenvalue weighted by Gasteiger charge is 2.07. The molecule has 0 aliphatic heterocycles. The summed E-state index contributed by atoms with van der Waals surface area (Å²) in [6.07, 6.45) is 0.395. The normalized spacial score (nSPS) is 10.3. The quantitative estimate of drug-likeness (QED) is 0.544. The standard InChI is InChI=1S/C20H15BrO2/c21-17-10-6-15(7-11-17)14-20(22)16-8-12-19(13-9-16)23-18-4-2-1-3-5-18/h1-13H,14H2. The Morgan fingerprint density at radius 2 is 1.39 bits per heavy atom. The average molecular weight is 367 g/mol. The Kier molecular flexibility index (Phi) is 4.89. The maximum atomic E-state index is 12.3. The molecule has 0 heterocycles. The van der Waals surface area contributed by atoms with Crippen molar-refractivity contribution in [1.29, 1.82) is 0 Å². The zero-order valence-corrected chi connectivity index (χ0v) is 14.0. The molecule has 0 fully saturated rings. The van der Waals surface area contributed by atoms with Gasteiger partial charge in [-0.3, -0.25) is 4.79 Å². The zero-order chi connectivity index (χ0) is 16.1. The number of carbonyl (C=O) groups is 1. The highest BCUT2D eigenvalue weighted by atomic mass is 79.9. The van der Waals surface area contributed by atoms with E-state index in [9.17, 15) is 4.79 Å². The van der Waals surface area contributed by atoms with E-state index in [1.807, 2.05) is 66.7 Å². The zero-order valence-electron chi connectivity index (χ0n) is 12.4. The van der Waals surface area contributed by atoms with Crippen molar-refractivity contribution in [2.24, 2.45) is 0 Å². The summed E-state index contributed by atoms with van der Waals surface area (Å²) in [4.78, 5) is 12.3. The number of halogens is 1. The van der Waals surface area contributed by atoms with Crippen LogP contribution in [0.15, 0.2) is 83.3 Å². The van der Waals surface area contributed by atoms with Crippen LogP contribution in [-0.2, 0) is 6.42 Å². The van der Waals surface area contributed by atoms with E-state index in [1.165, 1.54) is 0 Å². The average Bonchev–Trinajstić information content (AvgIpc) is 2.58. The summed E-state index contributed by atoms with van der Waals surface area (Å²) in [6.45, 7) is 0. The van der Waals surface area contributed by atoms with E-state index in [2.05, 4.69) is 15.9 Å². The summed E-state index contributed by atoms with van der Waals surface area (Å²) in [5, 5.41) is 0. The van der Waals surface area contributed by atoms with Gasteiger partial charge in [-0.1, -0.05) is 46.3 Å². The Morgan fingerprint density at radius 1 is 0.783 bits per heavy atom. The Balaban J connectivity index is 1.66. The summed E-state index contributed by atoms with van der Waals surface area (Å²) in [5.41, 5.74) is 1.69. The molecule has 3 rings (SSSR count). The van der Waals surface area contributed by atoms with E-state index in [0.717, 1.165) is 21.5 Å². The van der Waals surface area contributed by atoms with Gasteiger partial charge in [0.05, 0.1) is 0 Å². The molecule has 3 aromatic rings. The molecule has 2 nitrogen and oxygen atoms in total. The van der Waals surface area contributed by atoms with E-state index in [4.69, 9.17) is 4.74 Å². The molecule has 114 valence electrons. The van der Waals surface area contributed by atoms with Gasteiger partial charge in [0.15, 0.2) is 5.78 Å². The van der Waals surface area contributed by atoms with Crippen LogP contribution in [0.1, 0.15) is 15.9 Å². The lowest BCUT2D eigenvalue weighted by atomic mass is 10.0. The monoisotopic (exact) mass is 366 g/mol. The van der Waals surface area contributed by atoms with Crippen molar-refractivity contribution in [2.75, 3.05) is 0 Å². The van der Waals surface area contributed by atoms with Gasteiger partial charge in [-0.15, -0.1) is 0 Å². The van der Waals surface area contributed by atoms with Crippen LogP contribution in [0, 0.1) is 0 Å². The molecule has 3 heteroatoms. The second-order valence-corrected chi connectivity index (χ2v) is 6.08. The summed E-state index contributed by atoms with van der Waals surface area (Å²) in [7, 11) is 0. The molecular formula is C20H15BrO2. The third-order valence-electron chi connectivity index (χ3n) is 3.43. The van der Waals surface area contributed by atoms with Gasteiger partial charge in [0, 0.05) is 16.5 Å². The van der Waals surface area contributed by atoms with Crippen LogP contribution in [-0.4, -0.2) is 5.78 Å². The largest absolute Gasteiger partial charge is 0.457 e. The topological polar surface area (TPSA) is 26.3 Å². The van der Waals surface area contributed by atoms with Crippen molar-refractivity contribution < 1.29 is 9.53 Å². The van der Waals surface area contributed by atoms with Gasteiger partial charge in [0.2, 0.25) is 0 Å². The number of carbonyl (C=O) groups excluding carboxylic acids is 1. The number of para-hydroxylation sites is 1. The third kappa shape index (κ3) is 4.30. The van der Waals surface area contributed by atoms with Gasteiger partial charge in [-0.2, -0.15) is 0 Å². The van der Waals surface area contributed by atoms with Crippen LogP contribution in [0.3, 0.4) is 0 Å². The molecule has 0 aliphatic carbocycles. The number of rotatable bonds is 5. The van der Waals surface area contributed by atoms with E-state index in [-0.39, 0.29) is 5.78 Å². The minimum atomic E-state index is 0.0959. The van der Waals surface area contributed by atoms with Crippen molar-refractivity contribution >= 4 is 21.7 Å². The van der Waals surface area contributed by atoms with Crippen LogP contribution < -0.4 is 4.74 Å². The molecule has 3 aromatic carbocycles. The first kappa shape index (κ1) is 15.5. The van der Waals surface area contributed by atoms with Crippen LogP contribution in [0.25, 0.3) is 0 Å². The maximum absolute atomic E-state index is 12.3. The van der Waals surface area contributed by atoms with E-state index in [1.54, 1.807) is 12.1 Å². The van der Waals surface area contributed by atoms with Gasteiger partial charge in [0.25, 0.3) is 0 Å². The second kappa shape index (κ2) is 7.25. The predicted octanol–water partition coefficient (Wildman–Crippen LogP) is 5.67. The highest BCUT2D eigenvalue weighted by molar-refractivity contribution is 9.10. The fourth-order valence-corrected chi connectivity index (χ4v) is 2.49. The van der Waals surface area contributed by atoms with Crippen molar-refractivity contribution in [2.45, 2.75) is 6.42 Å². The van der Waals surface area contributed by atoms with Crippen molar-refractivity contribution in [3.05, 3.63) is 94.5 Å². The van der Waals surface area contributed by atoms with Gasteiger partial charge in [-0.25, -0.2) is 0 Å². The van der Waals surface area contributed by atoms with E-state index >= 15 is 0 Å². The van der Waals surface area contributed by atoms with Gasteiger partial charge in [0.1, 0.15) is 11.5 Å². The number of ketones is 1. The molecular weight excluding hydrogens is 352 g/mol. The summed E-state index contributed by atoms with van der Waals surface area (Å²) in [5.74, 6) is 1.59. The molecule has 0 aliphatic rings. The molecule has 0 unspecified atom stereocenters. The smallest absolute Gasteiger partial charge is 0.167 e. The van der Waals surface area contributed by atoms with Crippen LogP contribution in [0.4, 0.5) is 0 Å². The molecule has 0 N–H and O–H groups in total. The highest BCUT2D eigenvalue weighted by Crippen LogP contribution is 2.21. The van der Waals surface area contributed by atoms with Crippen molar-refractivity contribution in [3.8, 4) is 11.5 Å². The molecule has 0 atom stereocenters. The van der Waals surface area contributed by atoms with Gasteiger partial charge in [-0.05, 0) is 54.1 Å². The van der Waals surface area contributed by atoms with Crippen LogP contribution >= 0.6 is 15.9 Å². The van der Waals surface area contributed by atoms with E-state index in [0.29, 0.717) is 12.0 Å². The molecule has 0 bridgehead atoms. The summed E-state index contributed by atoms with van der Waals surface area (Å²) >= 11 is 3.39. The summed E-state index contributed by atoms with van der Waals surface area (Å²) in [6, 6.07) is 24.6. The Bertz CT molecular complexity index is 778. The molecule has 0 aromatic heterocycles. The lowest BCUT2D eigenvalue weighted by Gasteiger charge is -2.06. The van der Waals surface area contributed by atoms with Crippen molar-refractivity contribution in [1.82, 2.24) is 0 Å². The number of hydrogen-bond donors (Lipinski definition) is 0. The Morgan fingerprint density at radius 3 is 2.04 bits per heavy atom. The minimum Gasteiger partial charge on any atom is -0.457 e. The lowest BCUT2D eigenvalue weighted by Crippen LogP contribution is -2.03. The fraction of sp³-hybridized carbons (Fsp3) is 0.0500. The number of ether oxygens (including phenoxy) is 1. The van der Waals surface area contributed by atoms with Gasteiger partial charge < -0.3 is 4.74 Å². The van der Waals surface area contributed by atoms with E-state index < -0.39 is 0 Å². The molecule has 0 spiro atoms. The number of hydrogen-bond acceptors (Lipinski definition) is 2. The second-order valence-electron chi connectivity index (χ2n) is 5.17. The minimum absolute atomic E-state index is 0.0959. The third-order valence-corrected chi connectivity index (χ3v) is 3.96. The molecule has 0 saturated heterocycles. The number of benzene rings is 3. The van der Waals surface area contributed by atoms with Crippen molar-refractivity contribution in [3.63, 3.8) is 0 Å². The maximum Gasteiger partial charge on any atom is 0.167 e. The molecule has 0 amide bonds. The fourth-order valence-electron chi connectivity index (χ4n) is 2.22. The lowest BCUT2D eigenvalue weighted by molar-refractivity contribution is 0.0993. The Labute approximate surface area is 143 Å². The Hall–Kier alpha value is -2.39. The SMILES string of the molecule is O=C(Cc1ccc(Br)cc1)c1ccc(Oc2ccccc2)cc1. The van der Waals surface area contributed by atoms with Crippen LogP contribution in [0.2, 0.25) is 0 Å². The number of Topliss-reactive ketones (excluding diaryl/α,β-unsaturated/α-hetero) is 1. The molecule has 23 heavy (non-hydrogen) atoms. The first-order valence-electron chi connectivity index (χ1n) is 7.31. The first-order valence-corrected chi connectivity index (χ1v) is 8.10. The van der Waals surface area contributed by atoms with Gasteiger partial charge >= 0.3 is 0 Å². The molecule has 0 saturated carbocycles.